The predicted molar refractivity (Wildman–Crippen MR) is 127 cm³/mol. The lowest BCUT2D eigenvalue weighted by Gasteiger charge is -2.25. The second kappa shape index (κ2) is 9.94. The first-order chi connectivity index (χ1) is 16.0. The maximum Gasteiger partial charge on any atom is 0.254 e. The van der Waals surface area contributed by atoms with Crippen molar-refractivity contribution in [1.29, 1.82) is 0 Å². The summed E-state index contributed by atoms with van der Waals surface area (Å²) in [4.78, 5) is 19.7. The molecule has 0 spiro atoms. The molecule has 1 amide bonds. The Morgan fingerprint density at radius 1 is 1.06 bits per heavy atom. The lowest BCUT2D eigenvalue weighted by Crippen LogP contribution is -2.33. The van der Waals surface area contributed by atoms with Crippen LogP contribution in [0.1, 0.15) is 45.5 Å². The summed E-state index contributed by atoms with van der Waals surface area (Å²) in [5.41, 5.74) is 4.49. The number of carbonyl (C=O) groups excluding carboxylic acids is 1. The maximum atomic E-state index is 13.6. The molecule has 3 aromatic rings. The summed E-state index contributed by atoms with van der Waals surface area (Å²) < 4.78 is 17.0. The van der Waals surface area contributed by atoms with Crippen molar-refractivity contribution in [1.82, 2.24) is 9.88 Å². The van der Waals surface area contributed by atoms with Crippen molar-refractivity contribution in [2.45, 2.75) is 45.9 Å². The predicted octanol–water partition coefficient (Wildman–Crippen LogP) is 5.10. The van der Waals surface area contributed by atoms with Crippen LogP contribution in [-0.2, 0) is 13.2 Å². The monoisotopic (exact) mass is 446 g/mol. The molecule has 0 aliphatic heterocycles. The Morgan fingerprint density at radius 2 is 1.82 bits per heavy atom. The third kappa shape index (κ3) is 5.28. The second-order valence-corrected chi connectivity index (χ2v) is 8.43. The summed E-state index contributed by atoms with van der Waals surface area (Å²) in [6, 6.07) is 13.6. The van der Waals surface area contributed by atoms with Gasteiger partial charge in [-0.1, -0.05) is 6.07 Å². The van der Waals surface area contributed by atoms with Gasteiger partial charge < -0.3 is 19.1 Å². The van der Waals surface area contributed by atoms with Gasteiger partial charge in [-0.2, -0.15) is 0 Å². The Hall–Kier alpha value is -3.54. The minimum Gasteiger partial charge on any atom is -0.497 e. The van der Waals surface area contributed by atoms with Gasteiger partial charge in [0.15, 0.2) is 0 Å². The molecule has 4 rings (SSSR count). The van der Waals surface area contributed by atoms with Gasteiger partial charge in [0.25, 0.3) is 5.91 Å². The summed E-state index contributed by atoms with van der Waals surface area (Å²) in [7, 11) is 3.28. The highest BCUT2D eigenvalue weighted by atomic mass is 16.5. The molecule has 1 heterocycles. The molecule has 0 atom stereocenters. The van der Waals surface area contributed by atoms with Gasteiger partial charge in [0.1, 0.15) is 23.9 Å². The van der Waals surface area contributed by atoms with E-state index in [0.717, 1.165) is 52.3 Å². The zero-order chi connectivity index (χ0) is 23.4. The van der Waals surface area contributed by atoms with E-state index in [1.54, 1.807) is 26.6 Å². The normalized spacial score (nSPS) is 12.8. The molecule has 0 radical (unpaired) electrons. The third-order valence-electron chi connectivity index (χ3n) is 5.89. The minimum atomic E-state index is 0.0207. The average Bonchev–Trinajstić information content (AvgIpc) is 3.67. The van der Waals surface area contributed by atoms with Gasteiger partial charge in [0.05, 0.1) is 20.8 Å². The van der Waals surface area contributed by atoms with E-state index >= 15 is 0 Å². The van der Waals surface area contributed by atoms with Crippen molar-refractivity contribution >= 4 is 5.91 Å². The van der Waals surface area contributed by atoms with Gasteiger partial charge in [-0.05, 0) is 74.2 Å². The summed E-state index contributed by atoms with van der Waals surface area (Å²) in [6.07, 6.45) is 5.57. The summed E-state index contributed by atoms with van der Waals surface area (Å²) >= 11 is 0. The van der Waals surface area contributed by atoms with Gasteiger partial charge in [0.2, 0.25) is 0 Å². The molecular formula is C27H30N2O4. The van der Waals surface area contributed by atoms with Crippen molar-refractivity contribution in [2.75, 3.05) is 14.2 Å². The van der Waals surface area contributed by atoms with Crippen LogP contribution in [0.2, 0.25) is 0 Å². The number of hydrogen-bond donors (Lipinski definition) is 0. The van der Waals surface area contributed by atoms with Crippen LogP contribution in [0.4, 0.5) is 0 Å². The first kappa shape index (κ1) is 22.6. The topological polar surface area (TPSA) is 60.9 Å². The fourth-order valence-electron chi connectivity index (χ4n) is 4.05. The molecule has 2 aromatic carbocycles. The molecule has 0 N–H and O–H groups in total. The van der Waals surface area contributed by atoms with Crippen LogP contribution in [-0.4, -0.2) is 36.1 Å². The van der Waals surface area contributed by atoms with Crippen LogP contribution in [0.5, 0.6) is 17.2 Å². The number of methoxy groups -OCH3 is 2. The summed E-state index contributed by atoms with van der Waals surface area (Å²) in [5.74, 6) is 2.33. The number of ether oxygens (including phenoxy) is 3. The highest BCUT2D eigenvalue weighted by Gasteiger charge is 2.34. The van der Waals surface area contributed by atoms with E-state index in [1.807, 2.05) is 61.2 Å². The number of benzene rings is 2. The van der Waals surface area contributed by atoms with Gasteiger partial charge in [0, 0.05) is 35.1 Å². The molecule has 0 bridgehead atoms. The van der Waals surface area contributed by atoms with Crippen molar-refractivity contribution in [2.24, 2.45) is 0 Å². The smallest absolute Gasteiger partial charge is 0.254 e. The summed E-state index contributed by atoms with van der Waals surface area (Å²) in [6.45, 7) is 4.87. The molecular weight excluding hydrogens is 416 g/mol. The number of carbonyl (C=O) groups is 1. The highest BCUT2D eigenvalue weighted by molar-refractivity contribution is 5.95. The van der Waals surface area contributed by atoms with E-state index in [2.05, 4.69) is 4.98 Å². The molecule has 6 nitrogen and oxygen atoms in total. The fourth-order valence-corrected chi connectivity index (χ4v) is 4.05. The second-order valence-electron chi connectivity index (χ2n) is 8.43. The van der Waals surface area contributed by atoms with Gasteiger partial charge >= 0.3 is 0 Å². The lowest BCUT2D eigenvalue weighted by molar-refractivity contribution is 0.0728. The molecule has 0 unspecified atom stereocenters. The molecule has 1 aliphatic rings. The van der Waals surface area contributed by atoms with Crippen LogP contribution in [0.15, 0.2) is 54.9 Å². The Kier molecular flexibility index (Phi) is 6.82. The average molecular weight is 447 g/mol. The standard InChI is InChI=1S/C27H30N2O4/c1-18-12-21(13-19(2)26(18)33-17-20-6-5-11-28-15-20)27(30)29(23-7-8-23)16-22-14-24(31-3)9-10-25(22)32-4/h5-6,9-15,23H,7-8,16-17H2,1-4H3. The van der Waals surface area contributed by atoms with Gasteiger partial charge in [-0.3, -0.25) is 9.78 Å². The number of nitrogens with zero attached hydrogens (tertiary/aromatic N) is 2. The number of aromatic nitrogens is 1. The van der Waals surface area contributed by atoms with Crippen LogP contribution in [0, 0.1) is 13.8 Å². The fraction of sp³-hybridized carbons (Fsp3) is 0.333. The van der Waals surface area contributed by atoms with E-state index in [4.69, 9.17) is 14.2 Å². The van der Waals surface area contributed by atoms with Crippen molar-refractivity contribution in [3.8, 4) is 17.2 Å². The lowest BCUT2D eigenvalue weighted by atomic mass is 10.0. The first-order valence-electron chi connectivity index (χ1n) is 11.1. The molecule has 1 saturated carbocycles. The molecule has 0 saturated heterocycles. The van der Waals surface area contributed by atoms with Crippen LogP contribution in [0.3, 0.4) is 0 Å². The number of pyridine rings is 1. The van der Waals surface area contributed by atoms with E-state index in [-0.39, 0.29) is 11.9 Å². The maximum absolute atomic E-state index is 13.6. The minimum absolute atomic E-state index is 0.0207. The van der Waals surface area contributed by atoms with E-state index in [9.17, 15) is 4.79 Å². The Labute approximate surface area is 195 Å². The molecule has 33 heavy (non-hydrogen) atoms. The Bertz CT molecular complexity index is 1100. The van der Waals surface area contributed by atoms with Crippen LogP contribution in [0.25, 0.3) is 0 Å². The molecule has 1 aliphatic carbocycles. The van der Waals surface area contributed by atoms with Crippen LogP contribution < -0.4 is 14.2 Å². The summed E-state index contributed by atoms with van der Waals surface area (Å²) in [5, 5.41) is 0. The number of rotatable bonds is 9. The third-order valence-corrected chi connectivity index (χ3v) is 5.89. The SMILES string of the molecule is COc1ccc(OC)c(CN(C(=O)c2cc(C)c(OCc3cccnc3)c(C)c2)C2CC2)c1. The number of aryl methyl sites for hydroxylation is 2. The quantitative estimate of drug-likeness (QED) is 0.458. The Morgan fingerprint density at radius 3 is 2.42 bits per heavy atom. The van der Waals surface area contributed by atoms with E-state index in [1.165, 1.54) is 0 Å². The van der Waals surface area contributed by atoms with E-state index in [0.29, 0.717) is 18.7 Å². The molecule has 172 valence electrons. The van der Waals surface area contributed by atoms with Gasteiger partial charge in [-0.25, -0.2) is 0 Å². The molecule has 1 aromatic heterocycles. The van der Waals surface area contributed by atoms with Crippen LogP contribution >= 0.6 is 0 Å². The zero-order valence-electron chi connectivity index (χ0n) is 19.6. The highest BCUT2D eigenvalue weighted by Crippen LogP contribution is 2.34. The first-order valence-corrected chi connectivity index (χ1v) is 11.1. The van der Waals surface area contributed by atoms with Crippen molar-refractivity contribution in [3.05, 3.63) is 82.7 Å². The van der Waals surface area contributed by atoms with Gasteiger partial charge in [-0.15, -0.1) is 0 Å². The van der Waals surface area contributed by atoms with Crippen molar-refractivity contribution in [3.63, 3.8) is 0 Å². The van der Waals surface area contributed by atoms with Crippen molar-refractivity contribution < 1.29 is 19.0 Å². The molecule has 1 fully saturated rings. The molecule has 6 heteroatoms. The number of amides is 1. The zero-order valence-corrected chi connectivity index (χ0v) is 19.6. The Balaban J connectivity index is 1.55. The number of hydrogen-bond acceptors (Lipinski definition) is 5. The largest absolute Gasteiger partial charge is 0.497 e. The van der Waals surface area contributed by atoms with E-state index < -0.39 is 0 Å².